The molecule has 0 aromatic rings. The summed E-state index contributed by atoms with van der Waals surface area (Å²) in [6, 6.07) is 0.127. The smallest absolute Gasteiger partial charge is 0.243 e. The molecule has 5 nitrogen and oxygen atoms in total. The Bertz CT molecular complexity index is 538. The van der Waals surface area contributed by atoms with E-state index in [0.29, 0.717) is 6.61 Å². The van der Waals surface area contributed by atoms with Crippen molar-refractivity contribution in [3.63, 3.8) is 0 Å². The first-order valence-electron chi connectivity index (χ1n) is 14.7. The van der Waals surface area contributed by atoms with Crippen LogP contribution < -0.4 is 10.6 Å². The molecule has 1 saturated carbocycles. The van der Waals surface area contributed by atoms with Crippen LogP contribution in [0.2, 0.25) is 0 Å². The maximum absolute atomic E-state index is 12.0. The van der Waals surface area contributed by atoms with Crippen LogP contribution in [0.3, 0.4) is 0 Å². The molecule has 202 valence electrons. The summed E-state index contributed by atoms with van der Waals surface area (Å²) in [6.07, 6.45) is 31.1. The Hall–Kier alpha value is -1.62. The van der Waals surface area contributed by atoms with Gasteiger partial charge in [-0.25, -0.2) is 0 Å². The van der Waals surface area contributed by atoms with E-state index >= 15 is 0 Å². The molecule has 1 fully saturated rings. The van der Waals surface area contributed by atoms with Crippen LogP contribution in [0.25, 0.3) is 0 Å². The lowest BCUT2D eigenvalue weighted by atomic mass is 10.1. The van der Waals surface area contributed by atoms with E-state index in [2.05, 4.69) is 17.6 Å². The second-order valence-corrected chi connectivity index (χ2v) is 10.2. The molecule has 0 saturated heterocycles. The molecule has 1 aliphatic carbocycles. The van der Waals surface area contributed by atoms with Gasteiger partial charge in [-0.05, 0) is 50.7 Å². The van der Waals surface area contributed by atoms with E-state index in [0.717, 1.165) is 44.9 Å². The summed E-state index contributed by atoms with van der Waals surface area (Å²) in [5.41, 5.74) is 0. The van der Waals surface area contributed by atoms with E-state index in [1.54, 1.807) is 12.2 Å². The highest BCUT2D eigenvalue weighted by Gasteiger charge is 2.38. The first-order valence-corrected chi connectivity index (χ1v) is 14.7. The number of aliphatic hydroxyl groups is 1. The van der Waals surface area contributed by atoms with Gasteiger partial charge in [0.05, 0.1) is 12.1 Å². The molecule has 0 aromatic heterocycles. The second-order valence-electron chi connectivity index (χ2n) is 10.2. The molecule has 2 unspecified atom stereocenters. The van der Waals surface area contributed by atoms with Crippen molar-refractivity contribution < 1.29 is 14.7 Å². The maximum Gasteiger partial charge on any atom is 0.243 e. The minimum atomic E-state index is -0.0588. The van der Waals surface area contributed by atoms with Crippen molar-refractivity contribution in [2.24, 2.45) is 0 Å². The maximum atomic E-state index is 12.0. The molecule has 0 aliphatic heterocycles. The van der Waals surface area contributed by atoms with Crippen molar-refractivity contribution in [3.8, 4) is 0 Å². The summed E-state index contributed by atoms with van der Waals surface area (Å²) in [6.45, 7) is 2.57. The second kappa shape index (κ2) is 22.8. The highest BCUT2D eigenvalue weighted by Crippen LogP contribution is 2.21. The minimum absolute atomic E-state index is 0.0494. The molecule has 1 aliphatic rings. The average molecular weight is 491 g/mol. The molecule has 0 spiro atoms. The number of allylic oxidation sites excluding steroid dienone is 2. The van der Waals surface area contributed by atoms with Gasteiger partial charge in [0.25, 0.3) is 0 Å². The third kappa shape index (κ3) is 20.3. The van der Waals surface area contributed by atoms with Gasteiger partial charge in [0.15, 0.2) is 0 Å². The third-order valence-corrected chi connectivity index (χ3v) is 6.74. The van der Waals surface area contributed by atoms with Crippen LogP contribution in [0.15, 0.2) is 24.3 Å². The molecule has 2 atom stereocenters. The Labute approximate surface area is 215 Å². The van der Waals surface area contributed by atoms with Crippen LogP contribution >= 0.6 is 0 Å². The third-order valence-electron chi connectivity index (χ3n) is 6.74. The zero-order valence-electron chi connectivity index (χ0n) is 22.6. The fourth-order valence-corrected chi connectivity index (χ4v) is 4.36. The van der Waals surface area contributed by atoms with E-state index in [-0.39, 0.29) is 23.9 Å². The first-order chi connectivity index (χ1) is 17.2. The quantitative estimate of drug-likeness (QED) is 0.102. The number of carbonyl (C=O) groups is 2. The lowest BCUT2D eigenvalue weighted by Gasteiger charge is -2.03. The number of aliphatic hydroxyl groups excluding tert-OH is 1. The molecule has 5 heteroatoms. The Morgan fingerprint density at radius 3 is 1.40 bits per heavy atom. The molecule has 35 heavy (non-hydrogen) atoms. The molecular weight excluding hydrogens is 436 g/mol. The largest absolute Gasteiger partial charge is 0.396 e. The molecule has 0 heterocycles. The monoisotopic (exact) mass is 490 g/mol. The van der Waals surface area contributed by atoms with E-state index in [1.807, 2.05) is 12.2 Å². The normalized spacial score (nSPS) is 17.3. The molecular formula is C30H54N2O3. The standard InChI is InChI=1S/C30H54N2O3/c1-2-3-4-5-6-7-8-11-14-17-20-23-29(34)31-27-26-28(27)32-30(35)24-21-18-15-12-9-10-13-16-19-22-25-33/h20-21,23-24,27-28,33H,2-19,22,25-26H2,1H3,(H,31,34)(H,32,35). The highest BCUT2D eigenvalue weighted by atomic mass is 16.3. The van der Waals surface area contributed by atoms with E-state index < -0.39 is 0 Å². The van der Waals surface area contributed by atoms with E-state index in [9.17, 15) is 9.59 Å². The Kier molecular flexibility index (Phi) is 20.5. The van der Waals surface area contributed by atoms with E-state index in [4.69, 9.17) is 5.11 Å². The number of hydrogen-bond acceptors (Lipinski definition) is 3. The van der Waals surface area contributed by atoms with Crippen molar-refractivity contribution in [2.75, 3.05) is 6.61 Å². The number of nitrogens with one attached hydrogen (secondary N) is 2. The molecule has 0 aromatic carbocycles. The van der Waals surface area contributed by atoms with Crippen molar-refractivity contribution in [2.45, 2.75) is 147 Å². The van der Waals surface area contributed by atoms with Crippen LogP contribution in [-0.2, 0) is 9.59 Å². The van der Waals surface area contributed by atoms with Gasteiger partial charge in [-0.15, -0.1) is 0 Å². The number of hydrogen-bond donors (Lipinski definition) is 3. The summed E-state index contributed by atoms with van der Waals surface area (Å²) in [5, 5.41) is 14.7. The minimum Gasteiger partial charge on any atom is -0.396 e. The Morgan fingerprint density at radius 2 is 1.00 bits per heavy atom. The fourth-order valence-electron chi connectivity index (χ4n) is 4.36. The van der Waals surface area contributed by atoms with Crippen LogP contribution in [-0.4, -0.2) is 35.6 Å². The lowest BCUT2D eigenvalue weighted by molar-refractivity contribution is -0.118. The van der Waals surface area contributed by atoms with Gasteiger partial charge in [-0.2, -0.15) is 0 Å². The van der Waals surface area contributed by atoms with Gasteiger partial charge < -0.3 is 15.7 Å². The average Bonchev–Trinajstić information content (AvgIpc) is 3.57. The van der Waals surface area contributed by atoms with Crippen LogP contribution in [0, 0.1) is 0 Å². The Morgan fingerprint density at radius 1 is 0.629 bits per heavy atom. The lowest BCUT2D eigenvalue weighted by Crippen LogP contribution is -2.33. The highest BCUT2D eigenvalue weighted by molar-refractivity contribution is 5.89. The van der Waals surface area contributed by atoms with E-state index in [1.165, 1.54) is 83.5 Å². The summed E-state index contributed by atoms with van der Waals surface area (Å²) < 4.78 is 0. The van der Waals surface area contributed by atoms with Crippen LogP contribution in [0.1, 0.15) is 135 Å². The summed E-state index contributed by atoms with van der Waals surface area (Å²) in [4.78, 5) is 24.1. The van der Waals surface area contributed by atoms with Crippen molar-refractivity contribution in [1.29, 1.82) is 0 Å². The first kappa shape index (κ1) is 31.4. The van der Waals surface area contributed by atoms with Gasteiger partial charge in [-0.1, -0.05) is 109 Å². The summed E-state index contributed by atoms with van der Waals surface area (Å²) in [7, 11) is 0. The van der Waals surface area contributed by atoms with Gasteiger partial charge >= 0.3 is 0 Å². The predicted molar refractivity (Wildman–Crippen MR) is 147 cm³/mol. The van der Waals surface area contributed by atoms with Gasteiger partial charge in [0.1, 0.15) is 0 Å². The van der Waals surface area contributed by atoms with Gasteiger partial charge in [-0.3, -0.25) is 9.59 Å². The Balaban J connectivity index is 1.92. The summed E-state index contributed by atoms with van der Waals surface area (Å²) >= 11 is 0. The molecule has 2 amide bonds. The molecule has 3 N–H and O–H groups in total. The van der Waals surface area contributed by atoms with Crippen LogP contribution in [0.4, 0.5) is 0 Å². The van der Waals surface area contributed by atoms with Crippen LogP contribution in [0.5, 0.6) is 0 Å². The summed E-state index contributed by atoms with van der Waals surface area (Å²) in [5.74, 6) is -0.108. The zero-order valence-corrected chi connectivity index (χ0v) is 22.6. The molecule has 1 rings (SSSR count). The van der Waals surface area contributed by atoms with Crippen molar-refractivity contribution in [1.82, 2.24) is 10.6 Å². The number of amides is 2. The van der Waals surface area contributed by atoms with Gasteiger partial charge in [0, 0.05) is 6.61 Å². The SMILES string of the molecule is CCCCCCCCCCCC=CC(=O)NC1CC1NC(=O)C=CCCCCCCCCCCO. The molecule has 0 radical (unpaired) electrons. The topological polar surface area (TPSA) is 78.4 Å². The predicted octanol–water partition coefficient (Wildman–Crippen LogP) is 6.90. The van der Waals surface area contributed by atoms with Crippen molar-refractivity contribution in [3.05, 3.63) is 24.3 Å². The number of rotatable bonds is 24. The number of carbonyl (C=O) groups excluding carboxylic acids is 2. The fraction of sp³-hybridized carbons (Fsp3) is 0.800. The van der Waals surface area contributed by atoms with Crippen molar-refractivity contribution >= 4 is 11.8 Å². The van der Waals surface area contributed by atoms with Gasteiger partial charge in [0.2, 0.25) is 11.8 Å². The molecule has 0 bridgehead atoms. The zero-order chi connectivity index (χ0) is 25.4. The number of unbranched alkanes of at least 4 members (excludes halogenated alkanes) is 17.